The summed E-state index contributed by atoms with van der Waals surface area (Å²) in [6, 6.07) is 1.93. The van der Waals surface area contributed by atoms with E-state index in [1.807, 2.05) is 13.0 Å². The molecule has 0 amide bonds. The summed E-state index contributed by atoms with van der Waals surface area (Å²) in [7, 11) is 0. The Bertz CT molecular complexity index is 415. The average molecular weight is 207 g/mol. The van der Waals surface area contributed by atoms with E-state index in [2.05, 4.69) is 0 Å². The highest BCUT2D eigenvalue weighted by molar-refractivity contribution is 5.95. The van der Waals surface area contributed by atoms with E-state index in [0.29, 0.717) is 12.1 Å². The largest absolute Gasteiger partial charge is 0.461 e. The zero-order valence-corrected chi connectivity index (χ0v) is 8.78. The molecule has 2 N–H and O–H groups in total. The molecule has 0 saturated heterocycles. The molecule has 0 aliphatic heterocycles. The molecule has 1 aromatic rings. The zero-order valence-electron chi connectivity index (χ0n) is 8.78. The van der Waals surface area contributed by atoms with E-state index >= 15 is 0 Å². The summed E-state index contributed by atoms with van der Waals surface area (Å²) >= 11 is 0. The first-order valence-corrected chi connectivity index (χ1v) is 4.71. The maximum absolute atomic E-state index is 11.5. The molecule has 0 aromatic carbocycles. The van der Waals surface area contributed by atoms with Crippen molar-refractivity contribution < 1.29 is 9.53 Å². The van der Waals surface area contributed by atoms with Gasteiger partial charge < -0.3 is 15.0 Å². The van der Waals surface area contributed by atoms with E-state index in [1.165, 1.54) is 0 Å². The highest BCUT2D eigenvalue weighted by Crippen LogP contribution is 2.20. The van der Waals surface area contributed by atoms with E-state index in [-0.39, 0.29) is 18.0 Å². The van der Waals surface area contributed by atoms with E-state index in [9.17, 15) is 4.79 Å². The monoisotopic (exact) mass is 207 g/mol. The van der Waals surface area contributed by atoms with Crippen LogP contribution in [0.4, 0.5) is 5.69 Å². The molecule has 15 heavy (non-hydrogen) atoms. The summed E-state index contributed by atoms with van der Waals surface area (Å²) in [6.45, 7) is 4.44. The number of ether oxygens (including phenoxy) is 1. The standard InChI is InChI=1S/C10H13N3O2/c1-3-13-6-7(5-11)8(12)9(13)10(14)15-4-2/h6H,3-4,12H2,1-2H3. The number of rotatable bonds is 3. The van der Waals surface area contributed by atoms with Crippen LogP contribution in [-0.4, -0.2) is 17.1 Å². The Balaban J connectivity index is 3.21. The third kappa shape index (κ3) is 1.94. The second kappa shape index (κ2) is 4.51. The molecule has 0 radical (unpaired) electrons. The van der Waals surface area contributed by atoms with E-state index < -0.39 is 5.97 Å². The number of nitrogens with two attached hydrogens (primary N) is 1. The number of nitrogen functional groups attached to an aromatic ring is 1. The van der Waals surface area contributed by atoms with Gasteiger partial charge in [-0.15, -0.1) is 0 Å². The number of anilines is 1. The van der Waals surface area contributed by atoms with Crippen molar-refractivity contribution >= 4 is 11.7 Å². The topological polar surface area (TPSA) is 81.0 Å². The van der Waals surface area contributed by atoms with Crippen LogP contribution in [-0.2, 0) is 11.3 Å². The summed E-state index contributed by atoms with van der Waals surface area (Å²) in [4.78, 5) is 11.5. The van der Waals surface area contributed by atoms with E-state index in [4.69, 9.17) is 15.7 Å². The molecule has 0 spiro atoms. The highest BCUT2D eigenvalue weighted by atomic mass is 16.5. The van der Waals surface area contributed by atoms with Crippen LogP contribution in [0.15, 0.2) is 6.20 Å². The fourth-order valence-corrected chi connectivity index (χ4v) is 1.34. The number of aryl methyl sites for hydroxylation is 1. The summed E-state index contributed by atoms with van der Waals surface area (Å²) in [5.41, 5.74) is 6.44. The quantitative estimate of drug-likeness (QED) is 0.753. The fourth-order valence-electron chi connectivity index (χ4n) is 1.34. The number of nitriles is 1. The second-order valence-corrected chi connectivity index (χ2v) is 2.92. The first-order chi connectivity index (χ1) is 7.15. The van der Waals surface area contributed by atoms with E-state index in [0.717, 1.165) is 0 Å². The van der Waals surface area contributed by atoms with Crippen molar-refractivity contribution in [3.05, 3.63) is 17.5 Å². The highest BCUT2D eigenvalue weighted by Gasteiger charge is 2.19. The first-order valence-electron chi connectivity index (χ1n) is 4.71. The van der Waals surface area contributed by atoms with Crippen molar-refractivity contribution in [1.82, 2.24) is 4.57 Å². The van der Waals surface area contributed by atoms with Crippen LogP contribution in [0, 0.1) is 11.3 Å². The molecule has 1 heterocycles. The van der Waals surface area contributed by atoms with Crippen molar-refractivity contribution in [2.45, 2.75) is 20.4 Å². The van der Waals surface area contributed by atoms with E-state index in [1.54, 1.807) is 17.7 Å². The van der Waals surface area contributed by atoms with Crippen molar-refractivity contribution in [3.63, 3.8) is 0 Å². The molecular weight excluding hydrogens is 194 g/mol. The minimum Gasteiger partial charge on any atom is -0.461 e. The molecule has 0 aliphatic rings. The van der Waals surface area contributed by atoms with Crippen molar-refractivity contribution in [1.29, 1.82) is 5.26 Å². The van der Waals surface area contributed by atoms with Gasteiger partial charge in [0.1, 0.15) is 6.07 Å². The molecule has 5 heteroatoms. The molecule has 0 fully saturated rings. The number of aromatic nitrogens is 1. The Morgan fingerprint density at radius 3 is 2.80 bits per heavy atom. The van der Waals surface area contributed by atoms with Gasteiger partial charge >= 0.3 is 5.97 Å². The van der Waals surface area contributed by atoms with Gasteiger partial charge in [-0.25, -0.2) is 4.79 Å². The first kappa shape index (κ1) is 11.1. The molecule has 1 rings (SSSR count). The molecule has 0 aliphatic carbocycles. The lowest BCUT2D eigenvalue weighted by atomic mass is 10.3. The minimum absolute atomic E-state index is 0.192. The second-order valence-electron chi connectivity index (χ2n) is 2.92. The predicted molar refractivity (Wildman–Crippen MR) is 55.2 cm³/mol. The van der Waals surface area contributed by atoms with Gasteiger partial charge in [-0.3, -0.25) is 0 Å². The Labute approximate surface area is 88.0 Å². The maximum Gasteiger partial charge on any atom is 0.357 e. The number of hydrogen-bond donors (Lipinski definition) is 1. The number of nitrogens with zero attached hydrogens (tertiary/aromatic N) is 2. The lowest BCUT2D eigenvalue weighted by Crippen LogP contribution is -2.13. The number of carbonyl (C=O) groups excluding carboxylic acids is 1. The summed E-state index contributed by atoms with van der Waals surface area (Å²) in [5, 5.41) is 8.77. The van der Waals surface area contributed by atoms with Crippen molar-refractivity contribution in [2.75, 3.05) is 12.3 Å². The average Bonchev–Trinajstić information content (AvgIpc) is 2.55. The fraction of sp³-hybridized carbons (Fsp3) is 0.400. The Hall–Kier alpha value is -1.96. The summed E-state index contributed by atoms with van der Waals surface area (Å²) < 4.78 is 6.48. The lowest BCUT2D eigenvalue weighted by Gasteiger charge is -2.05. The van der Waals surface area contributed by atoms with Gasteiger partial charge in [0.25, 0.3) is 0 Å². The van der Waals surface area contributed by atoms with Crippen LogP contribution < -0.4 is 5.73 Å². The van der Waals surface area contributed by atoms with Gasteiger partial charge in [-0.1, -0.05) is 0 Å². The Kier molecular flexibility index (Phi) is 3.34. The molecular formula is C10H13N3O2. The van der Waals surface area contributed by atoms with Gasteiger partial charge in [0.2, 0.25) is 0 Å². The number of carbonyl (C=O) groups is 1. The van der Waals surface area contributed by atoms with Crippen LogP contribution in [0.5, 0.6) is 0 Å². The van der Waals surface area contributed by atoms with Crippen LogP contribution in [0.2, 0.25) is 0 Å². The van der Waals surface area contributed by atoms with Crippen LogP contribution >= 0.6 is 0 Å². The molecule has 0 atom stereocenters. The van der Waals surface area contributed by atoms with Crippen molar-refractivity contribution in [3.8, 4) is 6.07 Å². The van der Waals surface area contributed by atoms with Gasteiger partial charge in [-0.05, 0) is 13.8 Å². The summed E-state index contributed by atoms with van der Waals surface area (Å²) in [5.74, 6) is -0.488. The predicted octanol–water partition coefficient (Wildman–Crippen LogP) is 1.14. The normalized spacial score (nSPS) is 9.67. The van der Waals surface area contributed by atoms with Gasteiger partial charge in [0.15, 0.2) is 5.69 Å². The van der Waals surface area contributed by atoms with Crippen LogP contribution in [0.1, 0.15) is 29.9 Å². The Morgan fingerprint density at radius 1 is 1.67 bits per heavy atom. The molecule has 0 unspecified atom stereocenters. The summed E-state index contributed by atoms with van der Waals surface area (Å²) in [6.07, 6.45) is 1.56. The van der Waals surface area contributed by atoms with Gasteiger partial charge in [0, 0.05) is 12.7 Å². The minimum atomic E-state index is -0.488. The van der Waals surface area contributed by atoms with Crippen LogP contribution in [0.25, 0.3) is 0 Å². The molecule has 0 saturated carbocycles. The number of hydrogen-bond acceptors (Lipinski definition) is 4. The van der Waals surface area contributed by atoms with Crippen molar-refractivity contribution in [2.24, 2.45) is 0 Å². The molecule has 0 bridgehead atoms. The third-order valence-corrected chi connectivity index (χ3v) is 2.05. The Morgan fingerprint density at radius 2 is 2.33 bits per heavy atom. The molecule has 80 valence electrons. The lowest BCUT2D eigenvalue weighted by molar-refractivity contribution is 0.0515. The van der Waals surface area contributed by atoms with Gasteiger partial charge in [-0.2, -0.15) is 5.26 Å². The van der Waals surface area contributed by atoms with Gasteiger partial charge in [0.05, 0.1) is 17.9 Å². The third-order valence-electron chi connectivity index (χ3n) is 2.05. The maximum atomic E-state index is 11.5. The smallest absolute Gasteiger partial charge is 0.357 e. The zero-order chi connectivity index (χ0) is 11.4. The van der Waals surface area contributed by atoms with Crippen LogP contribution in [0.3, 0.4) is 0 Å². The SMILES string of the molecule is CCOC(=O)c1c(N)c(C#N)cn1CC. The number of esters is 1. The molecule has 1 aromatic heterocycles. The molecule has 5 nitrogen and oxygen atoms in total.